The molecule has 2 heterocycles. The van der Waals surface area contributed by atoms with E-state index >= 15 is 0 Å². The number of hydrogen-bond donors (Lipinski definition) is 2. The smallest absolute Gasteiger partial charge is 0.311 e. The van der Waals surface area contributed by atoms with Gasteiger partial charge in [-0.15, -0.1) is 0 Å². The van der Waals surface area contributed by atoms with Crippen LogP contribution in [-0.4, -0.2) is 25.2 Å². The van der Waals surface area contributed by atoms with Crippen LogP contribution in [0.5, 0.6) is 0 Å². The Morgan fingerprint density at radius 2 is 2.10 bits per heavy atom. The van der Waals surface area contributed by atoms with Crippen LogP contribution in [0.4, 0.5) is 5.82 Å². The molecule has 0 unspecified atom stereocenters. The summed E-state index contributed by atoms with van der Waals surface area (Å²) in [6.07, 6.45) is 0.238. The number of aromatic nitrogens is 4. The van der Waals surface area contributed by atoms with Gasteiger partial charge in [0.2, 0.25) is 5.91 Å². The van der Waals surface area contributed by atoms with Crippen molar-refractivity contribution in [1.82, 2.24) is 19.3 Å². The van der Waals surface area contributed by atoms with E-state index in [1.54, 1.807) is 22.4 Å². The highest BCUT2D eigenvalue weighted by atomic mass is 16.2. The number of H-pyrrole nitrogens is 1. The molecule has 2 N–H and O–H groups in total. The van der Waals surface area contributed by atoms with Crippen LogP contribution < -0.4 is 11.0 Å². The molecule has 0 radical (unpaired) electrons. The first-order valence-electron chi connectivity index (χ1n) is 6.45. The minimum Gasteiger partial charge on any atom is -0.311 e. The third-order valence-electron chi connectivity index (χ3n) is 3.32. The molecule has 0 saturated heterocycles. The van der Waals surface area contributed by atoms with E-state index in [1.165, 1.54) is 0 Å². The van der Waals surface area contributed by atoms with Gasteiger partial charge in [0.05, 0.1) is 5.69 Å². The molecule has 2 aromatic heterocycles. The zero-order valence-corrected chi connectivity index (χ0v) is 12.1. The average Bonchev–Trinajstić information content (AvgIpc) is 2.78. The van der Waals surface area contributed by atoms with Gasteiger partial charge in [-0.25, -0.2) is 4.79 Å². The van der Waals surface area contributed by atoms with Gasteiger partial charge < -0.3 is 10.3 Å². The van der Waals surface area contributed by atoms with Crippen molar-refractivity contribution in [1.29, 1.82) is 0 Å². The molecule has 108 valence electrons. The minimum absolute atomic E-state index is 0.141. The SMILES string of the molecule is Cc1cc(NC(=O)CCn2c(C)c(C)[nH]c2=O)n(C)n1. The van der Waals surface area contributed by atoms with Crippen molar-refractivity contribution in [3.05, 3.63) is 33.6 Å². The highest BCUT2D eigenvalue weighted by molar-refractivity contribution is 5.89. The number of amides is 1. The summed E-state index contributed by atoms with van der Waals surface area (Å²) >= 11 is 0. The monoisotopic (exact) mass is 277 g/mol. The fourth-order valence-corrected chi connectivity index (χ4v) is 2.09. The Labute approximate surface area is 116 Å². The molecule has 0 aliphatic rings. The summed E-state index contributed by atoms with van der Waals surface area (Å²) in [7, 11) is 1.77. The van der Waals surface area contributed by atoms with Gasteiger partial charge in [-0.2, -0.15) is 5.10 Å². The van der Waals surface area contributed by atoms with E-state index in [2.05, 4.69) is 15.4 Å². The second kappa shape index (κ2) is 5.36. The van der Waals surface area contributed by atoms with Crippen molar-refractivity contribution in [2.24, 2.45) is 7.05 Å². The van der Waals surface area contributed by atoms with E-state index in [9.17, 15) is 9.59 Å². The van der Waals surface area contributed by atoms with Crippen molar-refractivity contribution >= 4 is 11.7 Å². The van der Waals surface area contributed by atoms with Crippen molar-refractivity contribution in [3.8, 4) is 0 Å². The van der Waals surface area contributed by atoms with Crippen LogP contribution in [-0.2, 0) is 18.4 Å². The molecule has 2 aromatic rings. The van der Waals surface area contributed by atoms with E-state index in [0.29, 0.717) is 12.4 Å². The lowest BCUT2D eigenvalue weighted by molar-refractivity contribution is -0.116. The normalized spacial score (nSPS) is 10.8. The Morgan fingerprint density at radius 1 is 1.40 bits per heavy atom. The number of hydrogen-bond acceptors (Lipinski definition) is 3. The Balaban J connectivity index is 1.99. The van der Waals surface area contributed by atoms with Gasteiger partial charge in [0.15, 0.2) is 0 Å². The van der Waals surface area contributed by atoms with Crippen LogP contribution in [0.1, 0.15) is 23.5 Å². The minimum atomic E-state index is -0.177. The van der Waals surface area contributed by atoms with E-state index in [0.717, 1.165) is 17.1 Å². The Morgan fingerprint density at radius 3 is 2.60 bits per heavy atom. The Bertz CT molecular complexity index is 692. The van der Waals surface area contributed by atoms with E-state index in [-0.39, 0.29) is 18.0 Å². The van der Waals surface area contributed by atoms with E-state index in [1.807, 2.05) is 20.8 Å². The van der Waals surface area contributed by atoms with Crippen LogP contribution in [0.3, 0.4) is 0 Å². The van der Waals surface area contributed by atoms with Gasteiger partial charge >= 0.3 is 5.69 Å². The summed E-state index contributed by atoms with van der Waals surface area (Å²) in [5.74, 6) is 0.514. The number of rotatable bonds is 4. The summed E-state index contributed by atoms with van der Waals surface area (Å²) < 4.78 is 3.19. The molecule has 2 rings (SSSR count). The third-order valence-corrected chi connectivity index (χ3v) is 3.32. The molecule has 20 heavy (non-hydrogen) atoms. The highest BCUT2D eigenvalue weighted by Gasteiger charge is 2.10. The summed E-state index contributed by atoms with van der Waals surface area (Å²) in [5, 5.41) is 6.94. The number of aryl methyl sites for hydroxylation is 3. The summed E-state index contributed by atoms with van der Waals surface area (Å²) in [6, 6.07) is 1.80. The van der Waals surface area contributed by atoms with Gasteiger partial charge in [0.1, 0.15) is 5.82 Å². The number of nitrogens with zero attached hydrogens (tertiary/aromatic N) is 3. The summed E-state index contributed by atoms with van der Waals surface area (Å²) in [4.78, 5) is 26.3. The third kappa shape index (κ3) is 2.81. The standard InChI is InChI=1S/C13H19N5O2/c1-8-7-11(17(4)16-8)15-12(19)5-6-18-10(3)9(2)14-13(18)20/h7H,5-6H2,1-4H3,(H,14,20)(H,15,19). The predicted octanol–water partition coefficient (Wildman–Crippen LogP) is 0.864. The number of carbonyl (C=O) groups is 1. The quantitative estimate of drug-likeness (QED) is 0.869. The molecular formula is C13H19N5O2. The van der Waals surface area contributed by atoms with Gasteiger partial charge in [0, 0.05) is 37.5 Å². The average molecular weight is 277 g/mol. The molecule has 0 aromatic carbocycles. The molecule has 0 spiro atoms. The lowest BCUT2D eigenvalue weighted by atomic mass is 10.3. The molecule has 7 nitrogen and oxygen atoms in total. The molecule has 0 aliphatic carbocycles. The summed E-state index contributed by atoms with van der Waals surface area (Å²) in [6.45, 7) is 5.92. The second-order valence-electron chi connectivity index (χ2n) is 4.88. The van der Waals surface area contributed by atoms with Crippen molar-refractivity contribution in [2.75, 3.05) is 5.32 Å². The van der Waals surface area contributed by atoms with Gasteiger partial charge in [-0.05, 0) is 20.8 Å². The fourth-order valence-electron chi connectivity index (χ4n) is 2.09. The lowest BCUT2D eigenvalue weighted by Gasteiger charge is -2.06. The largest absolute Gasteiger partial charge is 0.325 e. The van der Waals surface area contributed by atoms with E-state index in [4.69, 9.17) is 0 Å². The number of anilines is 1. The Hall–Kier alpha value is -2.31. The molecule has 7 heteroatoms. The summed E-state index contributed by atoms with van der Waals surface area (Å²) in [5.41, 5.74) is 2.36. The molecule has 0 saturated carbocycles. The Kier molecular flexibility index (Phi) is 3.78. The van der Waals surface area contributed by atoms with Crippen LogP contribution in [0.2, 0.25) is 0 Å². The van der Waals surface area contributed by atoms with Crippen molar-refractivity contribution in [3.63, 3.8) is 0 Å². The van der Waals surface area contributed by atoms with Gasteiger partial charge in [-0.3, -0.25) is 14.0 Å². The topological polar surface area (TPSA) is 84.7 Å². The molecule has 0 atom stereocenters. The van der Waals surface area contributed by atoms with Crippen molar-refractivity contribution < 1.29 is 4.79 Å². The second-order valence-corrected chi connectivity index (χ2v) is 4.88. The van der Waals surface area contributed by atoms with Crippen LogP contribution in [0, 0.1) is 20.8 Å². The van der Waals surface area contributed by atoms with Crippen LogP contribution in [0.25, 0.3) is 0 Å². The molecule has 1 amide bonds. The first kappa shape index (κ1) is 14.1. The molecule has 0 bridgehead atoms. The fraction of sp³-hybridized carbons (Fsp3) is 0.462. The zero-order chi connectivity index (χ0) is 14.9. The van der Waals surface area contributed by atoms with Crippen molar-refractivity contribution in [2.45, 2.75) is 33.7 Å². The number of carbonyl (C=O) groups excluding carboxylic acids is 1. The van der Waals surface area contributed by atoms with Gasteiger partial charge in [-0.1, -0.05) is 0 Å². The highest BCUT2D eigenvalue weighted by Crippen LogP contribution is 2.08. The first-order chi connectivity index (χ1) is 9.38. The van der Waals surface area contributed by atoms with Gasteiger partial charge in [0.25, 0.3) is 0 Å². The molecule has 0 fully saturated rings. The van der Waals surface area contributed by atoms with Crippen LogP contribution in [0.15, 0.2) is 10.9 Å². The zero-order valence-electron chi connectivity index (χ0n) is 12.1. The number of imidazole rings is 1. The molecular weight excluding hydrogens is 258 g/mol. The number of nitrogens with one attached hydrogen (secondary N) is 2. The number of aromatic amines is 1. The first-order valence-corrected chi connectivity index (χ1v) is 6.45. The maximum atomic E-state index is 11.9. The van der Waals surface area contributed by atoms with Crippen LogP contribution >= 0.6 is 0 Å². The van der Waals surface area contributed by atoms with E-state index < -0.39 is 0 Å². The lowest BCUT2D eigenvalue weighted by Crippen LogP contribution is -2.22. The predicted molar refractivity (Wildman–Crippen MR) is 75.7 cm³/mol. The molecule has 0 aliphatic heterocycles. The maximum absolute atomic E-state index is 11.9. The maximum Gasteiger partial charge on any atom is 0.325 e.